The zero-order valence-electron chi connectivity index (χ0n) is 11.8. The second-order valence-corrected chi connectivity index (χ2v) is 6.74. The van der Waals surface area contributed by atoms with Crippen LogP contribution in [0.15, 0.2) is 17.8 Å². The largest absolute Gasteiger partial charge is 0.375 e. The Bertz CT molecular complexity index is 802. The lowest BCUT2D eigenvalue weighted by Crippen LogP contribution is -2.19. The van der Waals surface area contributed by atoms with Crippen molar-refractivity contribution in [2.75, 3.05) is 17.2 Å². The van der Waals surface area contributed by atoms with Crippen molar-refractivity contribution < 1.29 is 9.53 Å². The minimum atomic E-state index is -0.365. The van der Waals surface area contributed by atoms with Crippen LogP contribution >= 0.6 is 22.7 Å². The molecule has 0 saturated carbocycles. The summed E-state index contributed by atoms with van der Waals surface area (Å²) in [6, 6.07) is -0.365. The number of nitrogens with one attached hydrogen (secondary N) is 3. The zero-order chi connectivity index (χ0) is 15.6. The molecule has 1 aliphatic heterocycles. The number of ether oxygens (including phenoxy) is 1. The van der Waals surface area contributed by atoms with Gasteiger partial charge in [0.1, 0.15) is 10.7 Å². The predicted octanol–water partition coefficient (Wildman–Crippen LogP) is 2.71. The fourth-order valence-corrected chi connectivity index (χ4v) is 3.81. The van der Waals surface area contributed by atoms with E-state index in [2.05, 4.69) is 30.8 Å². The first kappa shape index (κ1) is 14.3. The lowest BCUT2D eigenvalue weighted by molar-refractivity contribution is 0.112. The van der Waals surface area contributed by atoms with Gasteiger partial charge in [-0.15, -0.1) is 11.3 Å². The minimum Gasteiger partial charge on any atom is -0.375 e. The summed E-state index contributed by atoms with van der Waals surface area (Å²) in [7, 11) is 0. The molecule has 3 aromatic rings. The van der Waals surface area contributed by atoms with Crippen molar-refractivity contribution in [3.05, 3.63) is 28.3 Å². The molecule has 0 spiro atoms. The highest BCUT2D eigenvalue weighted by Gasteiger charge is 2.18. The number of amides is 2. The van der Waals surface area contributed by atoms with Gasteiger partial charge >= 0.3 is 6.03 Å². The van der Waals surface area contributed by atoms with Crippen LogP contribution in [0, 0.1) is 0 Å². The van der Waals surface area contributed by atoms with Gasteiger partial charge in [0.25, 0.3) is 0 Å². The third-order valence-electron chi connectivity index (χ3n) is 3.25. The van der Waals surface area contributed by atoms with Crippen molar-refractivity contribution >= 4 is 39.5 Å². The van der Waals surface area contributed by atoms with Crippen molar-refractivity contribution in [2.24, 2.45) is 0 Å². The molecule has 0 saturated heterocycles. The average Bonchev–Trinajstić information content (AvgIpc) is 3.26. The van der Waals surface area contributed by atoms with Crippen LogP contribution in [0.2, 0.25) is 0 Å². The summed E-state index contributed by atoms with van der Waals surface area (Å²) in [6.45, 7) is 1.24. The Kier molecular flexibility index (Phi) is 3.77. The molecule has 3 N–H and O–H groups in total. The maximum Gasteiger partial charge on any atom is 0.325 e. The highest BCUT2D eigenvalue weighted by Crippen LogP contribution is 2.29. The molecule has 0 radical (unpaired) electrons. The number of carbonyl (C=O) groups excluding carboxylic acids is 1. The Hall–Kier alpha value is -2.30. The smallest absolute Gasteiger partial charge is 0.325 e. The maximum absolute atomic E-state index is 12.2. The summed E-state index contributed by atoms with van der Waals surface area (Å²) in [5.74, 6) is 0. The number of rotatable bonds is 3. The van der Waals surface area contributed by atoms with Gasteiger partial charge in [-0.2, -0.15) is 5.10 Å². The monoisotopic (exact) mass is 348 g/mol. The summed E-state index contributed by atoms with van der Waals surface area (Å²) in [6.07, 6.45) is 4.04. The van der Waals surface area contributed by atoms with Gasteiger partial charge in [0.05, 0.1) is 35.7 Å². The Morgan fingerprint density at radius 1 is 1.39 bits per heavy atom. The highest BCUT2D eigenvalue weighted by molar-refractivity contribution is 7.15. The molecule has 2 amide bonds. The second-order valence-electron chi connectivity index (χ2n) is 4.77. The van der Waals surface area contributed by atoms with E-state index in [-0.39, 0.29) is 6.03 Å². The number of urea groups is 1. The molecule has 1 aliphatic rings. The third-order valence-corrected chi connectivity index (χ3v) is 5.03. The molecule has 0 unspecified atom stereocenters. The van der Waals surface area contributed by atoms with Gasteiger partial charge < -0.3 is 10.1 Å². The molecule has 3 aromatic heterocycles. The van der Waals surface area contributed by atoms with Crippen LogP contribution in [0.1, 0.15) is 10.6 Å². The molecule has 4 heterocycles. The normalized spacial score (nSPS) is 13.6. The molecule has 0 bridgehead atoms. The van der Waals surface area contributed by atoms with Crippen LogP contribution < -0.4 is 10.6 Å². The Morgan fingerprint density at radius 2 is 2.35 bits per heavy atom. The van der Waals surface area contributed by atoms with E-state index in [9.17, 15) is 4.79 Å². The van der Waals surface area contributed by atoms with Gasteiger partial charge in [0.15, 0.2) is 5.13 Å². The predicted molar refractivity (Wildman–Crippen MR) is 87.8 cm³/mol. The summed E-state index contributed by atoms with van der Waals surface area (Å²) in [5, 5.41) is 15.5. The van der Waals surface area contributed by atoms with E-state index in [1.807, 2.05) is 5.38 Å². The van der Waals surface area contributed by atoms with E-state index < -0.39 is 0 Å². The molecule has 23 heavy (non-hydrogen) atoms. The van der Waals surface area contributed by atoms with Crippen LogP contribution in [0.25, 0.3) is 10.7 Å². The van der Waals surface area contributed by atoms with Gasteiger partial charge in [-0.05, 0) is 0 Å². The second kappa shape index (κ2) is 6.07. The molecule has 8 nitrogen and oxygen atoms in total. The van der Waals surface area contributed by atoms with Crippen molar-refractivity contribution in [3.8, 4) is 10.7 Å². The van der Waals surface area contributed by atoms with Crippen LogP contribution in [0.3, 0.4) is 0 Å². The topological polar surface area (TPSA) is 105 Å². The van der Waals surface area contributed by atoms with E-state index in [4.69, 9.17) is 4.74 Å². The fraction of sp³-hybridized carbons (Fsp3) is 0.231. The Labute approximate surface area is 138 Å². The van der Waals surface area contributed by atoms with Crippen LogP contribution in [-0.4, -0.2) is 32.8 Å². The number of anilines is 2. The number of fused-ring (bicyclic) bond motifs is 1. The summed E-state index contributed by atoms with van der Waals surface area (Å²) in [4.78, 5) is 21.9. The van der Waals surface area contributed by atoms with Gasteiger partial charge in [-0.1, -0.05) is 11.3 Å². The molecule has 4 rings (SSSR count). The summed E-state index contributed by atoms with van der Waals surface area (Å²) in [5.41, 5.74) is 2.26. The van der Waals surface area contributed by atoms with Crippen molar-refractivity contribution in [2.45, 2.75) is 13.0 Å². The molecule has 0 aromatic carbocycles. The van der Waals surface area contributed by atoms with Gasteiger partial charge in [0.2, 0.25) is 0 Å². The first-order valence-electron chi connectivity index (χ1n) is 6.87. The van der Waals surface area contributed by atoms with Crippen LogP contribution in [0.4, 0.5) is 15.6 Å². The first-order chi connectivity index (χ1) is 11.3. The number of aromatic nitrogens is 4. The number of aromatic amines is 1. The SMILES string of the molecule is O=C(Nc1nc2c(s1)COCC2)Nc1cn[nH]c1-c1nccs1. The number of hydrogen-bond acceptors (Lipinski definition) is 7. The van der Waals surface area contributed by atoms with Crippen LogP contribution in [-0.2, 0) is 17.8 Å². The van der Waals surface area contributed by atoms with Crippen molar-refractivity contribution in [1.82, 2.24) is 20.2 Å². The molecule has 10 heteroatoms. The highest BCUT2D eigenvalue weighted by atomic mass is 32.1. The number of hydrogen-bond donors (Lipinski definition) is 3. The van der Waals surface area contributed by atoms with Crippen molar-refractivity contribution in [1.29, 1.82) is 0 Å². The van der Waals surface area contributed by atoms with Crippen molar-refractivity contribution in [3.63, 3.8) is 0 Å². The summed E-state index contributed by atoms with van der Waals surface area (Å²) < 4.78 is 5.38. The molecule has 0 aliphatic carbocycles. The van der Waals surface area contributed by atoms with Gasteiger partial charge in [0, 0.05) is 18.0 Å². The number of carbonyl (C=O) groups is 1. The molecule has 0 atom stereocenters. The molecular weight excluding hydrogens is 336 g/mol. The molecule has 118 valence electrons. The van der Waals surface area contributed by atoms with Gasteiger partial charge in [-0.25, -0.2) is 14.8 Å². The minimum absolute atomic E-state index is 0.365. The third kappa shape index (κ3) is 2.96. The zero-order valence-corrected chi connectivity index (χ0v) is 13.5. The molecular formula is C13H12N6O2S2. The fourth-order valence-electron chi connectivity index (χ4n) is 2.22. The van der Waals surface area contributed by atoms with E-state index >= 15 is 0 Å². The van der Waals surface area contributed by atoms with E-state index in [1.54, 1.807) is 12.4 Å². The Morgan fingerprint density at radius 3 is 3.17 bits per heavy atom. The van der Waals surface area contributed by atoms with E-state index in [0.29, 0.717) is 29.7 Å². The lowest BCUT2D eigenvalue weighted by Gasteiger charge is -2.08. The number of nitrogens with zero attached hydrogens (tertiary/aromatic N) is 3. The Balaban J connectivity index is 1.47. The quantitative estimate of drug-likeness (QED) is 0.675. The van der Waals surface area contributed by atoms with Gasteiger partial charge in [-0.3, -0.25) is 10.4 Å². The first-order valence-corrected chi connectivity index (χ1v) is 8.57. The van der Waals surface area contributed by atoms with E-state index in [1.165, 1.54) is 22.7 Å². The number of H-pyrrole nitrogens is 1. The summed E-state index contributed by atoms with van der Waals surface area (Å²) >= 11 is 2.90. The maximum atomic E-state index is 12.2. The molecule has 0 fully saturated rings. The average molecular weight is 348 g/mol. The standard InChI is InChI=1S/C13H12N6O2S2/c20-12(18-13-17-7-1-3-21-6-9(7)23-13)16-8-5-15-19-10(8)11-14-2-4-22-11/h2,4-5H,1,3,6H2,(H,15,19)(H2,16,17,18,20). The number of thiazole rings is 2. The lowest BCUT2D eigenvalue weighted by atomic mass is 10.2. The van der Waals surface area contributed by atoms with Crippen LogP contribution in [0.5, 0.6) is 0 Å². The van der Waals surface area contributed by atoms with E-state index in [0.717, 1.165) is 22.0 Å².